The minimum atomic E-state index is -3.85. The Kier molecular flexibility index (Phi) is 8.21. The van der Waals surface area contributed by atoms with Gasteiger partial charge in [-0.1, -0.05) is 23.9 Å². The van der Waals surface area contributed by atoms with Gasteiger partial charge in [0.25, 0.3) is 11.7 Å². The monoisotopic (exact) mass is 507 g/mol. The fourth-order valence-corrected chi connectivity index (χ4v) is 3.79. The first-order chi connectivity index (χ1) is 16.1. The van der Waals surface area contributed by atoms with Crippen LogP contribution >= 0.6 is 11.8 Å². The number of nitrogens with two attached hydrogens (primary N) is 1. The average Bonchev–Trinajstić information content (AvgIpc) is 2.78. The summed E-state index contributed by atoms with van der Waals surface area (Å²) >= 11 is 0.427. The number of nitrogens with one attached hydrogen (secondary N) is 2. The van der Waals surface area contributed by atoms with Gasteiger partial charge in [-0.2, -0.15) is 8.78 Å². The summed E-state index contributed by atoms with van der Waals surface area (Å²) in [6.07, 6.45) is 0. The van der Waals surface area contributed by atoms with Crippen LogP contribution in [0.2, 0.25) is 0 Å². The van der Waals surface area contributed by atoms with Crippen molar-refractivity contribution in [3.63, 3.8) is 0 Å². The van der Waals surface area contributed by atoms with E-state index in [0.29, 0.717) is 33.7 Å². The Balaban J connectivity index is 1.59. The number of rotatable bonds is 9. The van der Waals surface area contributed by atoms with E-state index in [9.17, 15) is 26.8 Å². The summed E-state index contributed by atoms with van der Waals surface area (Å²) in [6, 6.07) is 17.9. The van der Waals surface area contributed by atoms with Gasteiger partial charge in [-0.25, -0.2) is 18.4 Å². The van der Waals surface area contributed by atoms with Crippen LogP contribution in [0.15, 0.2) is 82.6 Å². The smallest absolute Gasteiger partial charge is 0.340 e. The minimum absolute atomic E-state index is 0.108. The van der Waals surface area contributed by atoms with Gasteiger partial charge in [0.1, 0.15) is 0 Å². The maximum Gasteiger partial charge on any atom is 0.340 e. The first-order valence-corrected chi connectivity index (χ1v) is 12.1. The lowest BCUT2D eigenvalue weighted by Gasteiger charge is -2.12. The van der Waals surface area contributed by atoms with Crippen LogP contribution in [0.3, 0.4) is 0 Å². The molecule has 34 heavy (non-hydrogen) atoms. The first kappa shape index (κ1) is 25.1. The number of hydrogen-bond donors (Lipinski definition) is 3. The van der Waals surface area contributed by atoms with Crippen LogP contribution in [0.1, 0.15) is 10.4 Å². The second-order valence-electron chi connectivity index (χ2n) is 6.77. The van der Waals surface area contributed by atoms with Crippen molar-refractivity contribution in [2.24, 2.45) is 5.14 Å². The number of amides is 1. The van der Waals surface area contributed by atoms with Gasteiger partial charge < -0.3 is 15.4 Å². The van der Waals surface area contributed by atoms with E-state index in [4.69, 9.17) is 9.88 Å². The van der Waals surface area contributed by atoms with Crippen molar-refractivity contribution in [1.82, 2.24) is 0 Å². The van der Waals surface area contributed by atoms with Gasteiger partial charge in [0.2, 0.25) is 10.0 Å². The van der Waals surface area contributed by atoms with Gasteiger partial charge in [0.15, 0.2) is 6.61 Å². The molecule has 0 aliphatic rings. The molecule has 3 aromatic carbocycles. The molecule has 0 spiro atoms. The molecule has 0 atom stereocenters. The summed E-state index contributed by atoms with van der Waals surface area (Å²) in [5.41, 5.74) is 1.43. The lowest BCUT2D eigenvalue weighted by Crippen LogP contribution is -2.21. The van der Waals surface area contributed by atoms with Crippen LogP contribution in [-0.4, -0.2) is 32.7 Å². The lowest BCUT2D eigenvalue weighted by atomic mass is 10.1. The van der Waals surface area contributed by atoms with Crippen LogP contribution in [-0.2, 0) is 19.6 Å². The summed E-state index contributed by atoms with van der Waals surface area (Å²) in [5, 5.41) is 10.5. The third-order valence-corrected chi connectivity index (χ3v) is 5.96. The van der Waals surface area contributed by atoms with E-state index in [1.807, 2.05) is 0 Å². The van der Waals surface area contributed by atoms with Gasteiger partial charge in [-0.3, -0.25) is 4.79 Å². The molecule has 0 bridgehead atoms. The second-order valence-corrected chi connectivity index (χ2v) is 9.39. The van der Waals surface area contributed by atoms with Gasteiger partial charge in [-0.05, 0) is 60.7 Å². The molecule has 0 unspecified atom stereocenters. The quantitative estimate of drug-likeness (QED) is 0.293. The number of ether oxygens (including phenoxy) is 1. The summed E-state index contributed by atoms with van der Waals surface area (Å²) in [6.45, 7) is -0.580. The zero-order valence-electron chi connectivity index (χ0n) is 17.4. The Morgan fingerprint density at radius 3 is 2.18 bits per heavy atom. The van der Waals surface area contributed by atoms with Crippen LogP contribution < -0.4 is 15.8 Å². The van der Waals surface area contributed by atoms with Crippen molar-refractivity contribution < 1.29 is 31.5 Å². The Bertz CT molecular complexity index is 1270. The van der Waals surface area contributed by atoms with Crippen LogP contribution in [0, 0.1) is 0 Å². The number of hydrogen-bond acceptors (Lipinski definition) is 7. The van der Waals surface area contributed by atoms with Crippen molar-refractivity contribution in [2.75, 3.05) is 17.2 Å². The topological polar surface area (TPSA) is 128 Å². The highest BCUT2D eigenvalue weighted by Gasteiger charge is 2.15. The lowest BCUT2D eigenvalue weighted by molar-refractivity contribution is -0.119. The fourth-order valence-electron chi connectivity index (χ4n) is 2.78. The number of carbonyl (C=O) groups is 2. The van der Waals surface area contributed by atoms with E-state index < -0.39 is 34.3 Å². The molecular weight excluding hydrogens is 488 g/mol. The highest BCUT2D eigenvalue weighted by Crippen LogP contribution is 2.28. The summed E-state index contributed by atoms with van der Waals surface area (Å²) in [7, 11) is -3.85. The number of anilines is 3. The number of esters is 1. The maximum absolute atomic E-state index is 12.5. The van der Waals surface area contributed by atoms with E-state index >= 15 is 0 Å². The molecule has 0 fully saturated rings. The predicted molar refractivity (Wildman–Crippen MR) is 125 cm³/mol. The Labute approximate surface area is 198 Å². The van der Waals surface area contributed by atoms with Crippen LogP contribution in [0.4, 0.5) is 25.8 Å². The average molecular weight is 508 g/mol. The summed E-state index contributed by atoms with van der Waals surface area (Å²) < 4.78 is 52.6. The van der Waals surface area contributed by atoms with E-state index in [2.05, 4.69) is 10.6 Å². The van der Waals surface area contributed by atoms with Crippen molar-refractivity contribution in [3.05, 3.63) is 78.4 Å². The number of halogens is 2. The molecule has 12 heteroatoms. The minimum Gasteiger partial charge on any atom is -0.452 e. The molecular formula is C22H19F2N3O5S2. The Morgan fingerprint density at radius 1 is 0.941 bits per heavy atom. The highest BCUT2D eigenvalue weighted by atomic mass is 32.2. The molecule has 0 saturated carbocycles. The fraction of sp³-hybridized carbons (Fsp3) is 0.0909. The molecule has 0 saturated heterocycles. The van der Waals surface area contributed by atoms with Gasteiger partial charge in [-0.15, -0.1) is 0 Å². The molecule has 0 aliphatic heterocycles. The van der Waals surface area contributed by atoms with Gasteiger partial charge in [0.05, 0.1) is 16.1 Å². The Hall–Kier alpha value is -3.48. The van der Waals surface area contributed by atoms with E-state index in [1.54, 1.807) is 30.3 Å². The standard InChI is InChI=1S/C22H19F2N3O5S2/c23-22(24)33-16-9-5-14(6-10-16)26-19-4-2-1-3-18(19)21(29)32-13-20(28)27-15-7-11-17(12-8-15)34(25,30)31/h1-12,22,26H,13H2,(H,27,28)(H2,25,30,31). The zero-order valence-corrected chi connectivity index (χ0v) is 19.0. The van der Waals surface area contributed by atoms with Gasteiger partial charge >= 0.3 is 5.97 Å². The van der Waals surface area contributed by atoms with E-state index in [0.717, 1.165) is 0 Å². The van der Waals surface area contributed by atoms with Crippen LogP contribution in [0.5, 0.6) is 0 Å². The van der Waals surface area contributed by atoms with Crippen molar-refractivity contribution in [2.45, 2.75) is 15.5 Å². The van der Waals surface area contributed by atoms with E-state index in [-0.39, 0.29) is 10.5 Å². The molecule has 3 rings (SSSR count). The molecule has 0 aliphatic carbocycles. The number of alkyl halides is 2. The zero-order chi connectivity index (χ0) is 24.7. The predicted octanol–water partition coefficient (Wildman–Crippen LogP) is 4.19. The SMILES string of the molecule is NS(=O)(=O)c1ccc(NC(=O)COC(=O)c2ccccc2Nc2ccc(SC(F)F)cc2)cc1. The molecule has 4 N–H and O–H groups in total. The third-order valence-electron chi connectivity index (χ3n) is 4.31. The molecule has 3 aromatic rings. The van der Waals surface area contributed by atoms with Crippen molar-refractivity contribution in [3.8, 4) is 0 Å². The first-order valence-electron chi connectivity index (χ1n) is 9.62. The molecule has 8 nitrogen and oxygen atoms in total. The highest BCUT2D eigenvalue weighted by molar-refractivity contribution is 7.99. The van der Waals surface area contributed by atoms with E-state index in [1.165, 1.54) is 42.5 Å². The summed E-state index contributed by atoms with van der Waals surface area (Å²) in [4.78, 5) is 24.9. The number of benzene rings is 3. The van der Waals surface area contributed by atoms with Crippen molar-refractivity contribution >= 4 is 50.7 Å². The maximum atomic E-state index is 12.5. The molecule has 178 valence electrons. The third kappa shape index (κ3) is 7.27. The normalized spacial score (nSPS) is 11.2. The largest absolute Gasteiger partial charge is 0.452 e. The van der Waals surface area contributed by atoms with Crippen molar-refractivity contribution in [1.29, 1.82) is 0 Å². The number of carbonyl (C=O) groups excluding carboxylic acids is 2. The number of para-hydroxylation sites is 1. The van der Waals surface area contributed by atoms with Crippen LogP contribution in [0.25, 0.3) is 0 Å². The Morgan fingerprint density at radius 2 is 1.56 bits per heavy atom. The number of primary sulfonamides is 1. The molecule has 0 heterocycles. The summed E-state index contributed by atoms with van der Waals surface area (Å²) in [5.74, 6) is -3.91. The molecule has 1 amide bonds. The second kappa shape index (κ2) is 11.1. The molecule has 0 aromatic heterocycles. The number of sulfonamides is 1. The number of thioether (sulfide) groups is 1. The molecule has 0 radical (unpaired) electrons. The van der Waals surface area contributed by atoms with Gasteiger partial charge in [0, 0.05) is 16.3 Å².